The maximum Gasteiger partial charge on any atom is 0.378 e. The summed E-state index contributed by atoms with van der Waals surface area (Å²) < 4.78 is 30.3. The topological polar surface area (TPSA) is 79.3 Å². The zero-order valence-corrected chi connectivity index (χ0v) is 10.3. The van der Waals surface area contributed by atoms with E-state index in [0.717, 1.165) is 6.08 Å². The highest BCUT2D eigenvalue weighted by Gasteiger charge is 2.26. The second-order valence-electron chi connectivity index (χ2n) is 3.80. The summed E-state index contributed by atoms with van der Waals surface area (Å²) in [5.41, 5.74) is 5.17. The van der Waals surface area contributed by atoms with Gasteiger partial charge in [-0.2, -0.15) is 0 Å². The van der Waals surface area contributed by atoms with Gasteiger partial charge in [0.15, 0.2) is 5.69 Å². The molecule has 3 N–H and O–H groups in total. The molecule has 0 fully saturated rings. The molecule has 0 aliphatic rings. The molecule has 0 amide bonds. The summed E-state index contributed by atoms with van der Waals surface area (Å²) in [5.74, 6) is -3.70. The number of rotatable bonds is 3. The van der Waals surface area contributed by atoms with Crippen LogP contribution in [0.15, 0.2) is 11.8 Å². The molecule has 0 aliphatic carbocycles. The molecule has 0 spiro atoms. The largest absolute Gasteiger partial charge is 0.463 e. The van der Waals surface area contributed by atoms with Gasteiger partial charge in [0.2, 0.25) is 5.69 Å². The minimum Gasteiger partial charge on any atom is -0.463 e. The Morgan fingerprint density at radius 2 is 2.22 bits per heavy atom. The maximum absolute atomic E-state index is 12.9. The monoisotopic (exact) mass is 258 g/mol. The molecule has 18 heavy (non-hydrogen) atoms. The molecule has 98 valence electrons. The third kappa shape index (κ3) is 3.47. The fraction of sp³-hybridized carbons (Fsp3) is 0.364. The van der Waals surface area contributed by atoms with Gasteiger partial charge in [0.05, 0.1) is 18.9 Å². The minimum atomic E-state index is -3.15. The van der Waals surface area contributed by atoms with Crippen molar-refractivity contribution >= 4 is 12.0 Å². The van der Waals surface area contributed by atoms with Gasteiger partial charge in [-0.3, -0.25) is 0 Å². The van der Waals surface area contributed by atoms with Gasteiger partial charge in [-0.1, -0.05) is 0 Å². The number of H-pyrrole nitrogens is 1. The number of aromatic amines is 1. The quantitative estimate of drug-likeness (QED) is 0.818. The van der Waals surface area contributed by atoms with Crippen LogP contribution >= 0.6 is 0 Å². The number of halogens is 2. The first kappa shape index (κ1) is 14.0. The molecule has 0 saturated heterocycles. The van der Waals surface area contributed by atoms with Gasteiger partial charge in [-0.05, 0) is 4.98 Å². The number of alkyl halides is 2. The average molecular weight is 258 g/mol. The highest BCUT2D eigenvalue weighted by atomic mass is 19.3. The summed E-state index contributed by atoms with van der Waals surface area (Å²) in [5, 5.41) is 0. The first-order valence-corrected chi connectivity index (χ1v) is 5.09. The van der Waals surface area contributed by atoms with Crippen molar-refractivity contribution in [3.63, 3.8) is 0 Å². The molecular weight excluding hydrogens is 244 g/mol. The number of ether oxygens (including phenoxy) is 1. The molecule has 0 aliphatic heterocycles. The summed E-state index contributed by atoms with van der Waals surface area (Å²) in [6.45, 7) is 2.30. The number of carbonyl (C=O) groups excluding carboxylic acids is 1. The van der Waals surface area contributed by atoms with Crippen molar-refractivity contribution in [3.8, 4) is 0 Å². The molecular formula is C11H14F2N3O2+. The highest BCUT2D eigenvalue weighted by Crippen LogP contribution is 2.19. The average Bonchev–Trinajstić information content (AvgIpc) is 2.25. The Kier molecular flexibility index (Phi) is 3.95. The lowest BCUT2D eigenvalue weighted by atomic mass is 10.2. The van der Waals surface area contributed by atoms with Crippen LogP contribution in [0.25, 0.3) is 6.08 Å². The fourth-order valence-electron chi connectivity index (χ4n) is 1.20. The van der Waals surface area contributed by atoms with E-state index >= 15 is 0 Å². The van der Waals surface area contributed by atoms with E-state index in [4.69, 9.17) is 5.73 Å². The number of esters is 1. The second-order valence-corrected chi connectivity index (χ2v) is 3.80. The zero-order valence-electron chi connectivity index (χ0n) is 10.3. The third-order valence-corrected chi connectivity index (χ3v) is 2.12. The summed E-state index contributed by atoms with van der Waals surface area (Å²) in [7, 11) is 1.22. The van der Waals surface area contributed by atoms with Gasteiger partial charge < -0.3 is 10.5 Å². The molecule has 1 rings (SSSR count). The van der Waals surface area contributed by atoms with Crippen LogP contribution in [0.2, 0.25) is 0 Å². The van der Waals surface area contributed by atoms with Crippen molar-refractivity contribution < 1.29 is 23.3 Å². The molecule has 1 heterocycles. The number of hydrogen-bond donors (Lipinski definition) is 1. The predicted molar refractivity (Wildman–Crippen MR) is 59.7 cm³/mol. The first-order valence-electron chi connectivity index (χ1n) is 5.09. The van der Waals surface area contributed by atoms with Crippen LogP contribution in [0.5, 0.6) is 0 Å². The van der Waals surface area contributed by atoms with Crippen molar-refractivity contribution in [3.05, 3.63) is 29.0 Å². The van der Waals surface area contributed by atoms with Gasteiger partial charge in [0, 0.05) is 19.9 Å². The smallest absolute Gasteiger partial charge is 0.378 e. The number of allylic oxidation sites excluding steroid dienone is 1. The molecule has 0 radical (unpaired) electrons. The van der Waals surface area contributed by atoms with Gasteiger partial charge in [-0.25, -0.2) is 18.6 Å². The van der Waals surface area contributed by atoms with Crippen molar-refractivity contribution in [2.75, 3.05) is 7.11 Å². The SMILES string of the molecule is COC(=O)c1cc(C)nc(C=C(N)C(C)(F)F)[nH+]1. The number of methoxy groups -OCH3 is 1. The van der Waals surface area contributed by atoms with Crippen molar-refractivity contribution in [1.29, 1.82) is 0 Å². The zero-order chi connectivity index (χ0) is 13.9. The van der Waals surface area contributed by atoms with E-state index < -0.39 is 17.6 Å². The Morgan fingerprint density at radius 1 is 1.61 bits per heavy atom. The number of aromatic nitrogens is 2. The first-order chi connectivity index (χ1) is 8.24. The Hall–Kier alpha value is -2.05. The number of nitrogens with one attached hydrogen (secondary N) is 1. The number of carbonyl (C=O) groups is 1. The Labute approximate surface area is 103 Å². The molecule has 5 nitrogen and oxygen atoms in total. The maximum atomic E-state index is 12.9. The lowest BCUT2D eigenvalue weighted by Crippen LogP contribution is -2.25. The Bertz CT molecular complexity index is 496. The van der Waals surface area contributed by atoms with Crippen LogP contribution in [0.3, 0.4) is 0 Å². The summed E-state index contributed by atoms with van der Waals surface area (Å²) in [6.07, 6.45) is 0.986. The normalized spacial score (nSPS) is 12.4. The molecule has 0 atom stereocenters. The van der Waals surface area contributed by atoms with E-state index in [9.17, 15) is 13.6 Å². The van der Waals surface area contributed by atoms with Gasteiger partial charge in [-0.15, -0.1) is 0 Å². The van der Waals surface area contributed by atoms with Crippen molar-refractivity contribution in [2.24, 2.45) is 5.73 Å². The van der Waals surface area contributed by atoms with Crippen LogP contribution in [-0.2, 0) is 4.74 Å². The second kappa shape index (κ2) is 5.07. The number of nitrogens with two attached hydrogens (primary N) is 1. The van der Waals surface area contributed by atoms with Gasteiger partial charge >= 0.3 is 11.8 Å². The molecule has 0 saturated carbocycles. The molecule has 1 aromatic rings. The van der Waals surface area contributed by atoms with Crippen LogP contribution in [0.4, 0.5) is 8.78 Å². The summed E-state index contributed by atoms with van der Waals surface area (Å²) in [6, 6.07) is 1.45. The molecule has 0 aromatic carbocycles. The van der Waals surface area contributed by atoms with Gasteiger partial charge in [0.25, 0.3) is 5.92 Å². The molecule has 0 bridgehead atoms. The van der Waals surface area contributed by atoms with Crippen LogP contribution in [0.1, 0.15) is 28.9 Å². The number of nitrogens with zero attached hydrogens (tertiary/aromatic N) is 1. The van der Waals surface area contributed by atoms with Crippen LogP contribution < -0.4 is 10.7 Å². The lowest BCUT2D eigenvalue weighted by molar-refractivity contribution is -0.391. The van der Waals surface area contributed by atoms with Crippen LogP contribution in [-0.4, -0.2) is 24.0 Å². The Morgan fingerprint density at radius 3 is 2.72 bits per heavy atom. The van der Waals surface area contributed by atoms with E-state index in [-0.39, 0.29) is 11.5 Å². The van der Waals surface area contributed by atoms with E-state index in [2.05, 4.69) is 14.7 Å². The predicted octanol–water partition coefficient (Wildman–Crippen LogP) is 0.946. The van der Waals surface area contributed by atoms with Crippen molar-refractivity contribution in [1.82, 2.24) is 4.98 Å². The van der Waals surface area contributed by atoms with E-state index in [1.165, 1.54) is 13.2 Å². The van der Waals surface area contributed by atoms with E-state index in [1.54, 1.807) is 6.92 Å². The lowest BCUT2D eigenvalue weighted by Gasteiger charge is -2.08. The third-order valence-electron chi connectivity index (χ3n) is 2.12. The summed E-state index contributed by atoms with van der Waals surface area (Å²) >= 11 is 0. The van der Waals surface area contributed by atoms with Gasteiger partial charge in [0.1, 0.15) is 0 Å². The highest BCUT2D eigenvalue weighted by molar-refractivity contribution is 5.85. The fourth-order valence-corrected chi connectivity index (χ4v) is 1.20. The molecule has 0 unspecified atom stereocenters. The van der Waals surface area contributed by atoms with Crippen LogP contribution in [0, 0.1) is 6.92 Å². The number of aryl methyl sites for hydroxylation is 1. The number of hydrogen-bond acceptors (Lipinski definition) is 4. The van der Waals surface area contributed by atoms with Crippen molar-refractivity contribution in [2.45, 2.75) is 19.8 Å². The Balaban J connectivity index is 3.19. The summed E-state index contributed by atoms with van der Waals surface area (Å²) in [4.78, 5) is 17.8. The van der Waals surface area contributed by atoms with E-state index in [1.807, 2.05) is 0 Å². The standard InChI is InChI=1S/C11H13F2N3O2/c1-6-4-7(10(17)18-3)16-9(15-6)5-8(14)11(2,12)13/h4-5H,14H2,1-3H3/p+1. The molecule has 1 aromatic heterocycles. The minimum absolute atomic E-state index is 0.0643. The molecule has 7 heteroatoms. The van der Waals surface area contributed by atoms with E-state index in [0.29, 0.717) is 12.6 Å².